The van der Waals surface area contributed by atoms with Crippen LogP contribution in [0.4, 0.5) is 0 Å². The zero-order valence-corrected chi connectivity index (χ0v) is 12.3. The second-order valence-corrected chi connectivity index (χ2v) is 5.87. The summed E-state index contributed by atoms with van der Waals surface area (Å²) in [4.78, 5) is 13.8. The number of carbonyl (C=O) groups excluding carboxylic acids is 1. The van der Waals surface area contributed by atoms with Gasteiger partial charge in [0, 0.05) is 18.0 Å². The molecule has 1 amide bonds. The normalized spacial score (nSPS) is 17.8. The van der Waals surface area contributed by atoms with Gasteiger partial charge in [-0.15, -0.1) is 0 Å². The summed E-state index contributed by atoms with van der Waals surface area (Å²) in [6, 6.07) is 10.4. The van der Waals surface area contributed by atoms with Gasteiger partial charge >= 0.3 is 0 Å². The molecule has 1 fully saturated rings. The van der Waals surface area contributed by atoms with Crippen LogP contribution in [0.15, 0.2) is 30.3 Å². The lowest BCUT2D eigenvalue weighted by Crippen LogP contribution is -2.42. The zero-order valence-electron chi connectivity index (χ0n) is 12.3. The Hall–Kier alpha value is -1.39. The highest BCUT2D eigenvalue weighted by Gasteiger charge is 2.44. The van der Waals surface area contributed by atoms with Gasteiger partial charge < -0.3 is 10.4 Å². The van der Waals surface area contributed by atoms with Gasteiger partial charge in [-0.3, -0.25) is 9.69 Å². The molecule has 0 bridgehead atoms. The minimum absolute atomic E-state index is 0.00441. The summed E-state index contributed by atoms with van der Waals surface area (Å²) in [5, 5.41) is 12.1. The van der Waals surface area contributed by atoms with Crippen molar-refractivity contribution in [1.29, 1.82) is 0 Å². The van der Waals surface area contributed by atoms with E-state index in [0.29, 0.717) is 13.1 Å². The highest BCUT2D eigenvalue weighted by molar-refractivity contribution is 5.78. The molecule has 1 aromatic carbocycles. The minimum atomic E-state index is 0.00441. The van der Waals surface area contributed by atoms with Crippen LogP contribution in [0.2, 0.25) is 0 Å². The fourth-order valence-electron chi connectivity index (χ4n) is 2.36. The van der Waals surface area contributed by atoms with Crippen LogP contribution >= 0.6 is 0 Å². The summed E-state index contributed by atoms with van der Waals surface area (Å²) in [5.74, 6) is 0.0232. The lowest BCUT2D eigenvalue weighted by atomic mass is 9.96. The van der Waals surface area contributed by atoms with E-state index in [1.54, 1.807) is 0 Å². The molecule has 1 saturated carbocycles. The van der Waals surface area contributed by atoms with Crippen molar-refractivity contribution in [2.75, 3.05) is 26.7 Å². The van der Waals surface area contributed by atoms with Gasteiger partial charge in [0.15, 0.2) is 0 Å². The molecule has 1 atom stereocenters. The van der Waals surface area contributed by atoms with E-state index in [-0.39, 0.29) is 24.0 Å². The molecule has 0 heterocycles. The minimum Gasteiger partial charge on any atom is -0.395 e. The van der Waals surface area contributed by atoms with Crippen LogP contribution < -0.4 is 5.32 Å². The van der Waals surface area contributed by atoms with Crippen LogP contribution in [0.3, 0.4) is 0 Å². The third-order valence-corrected chi connectivity index (χ3v) is 4.27. The number of carbonyl (C=O) groups is 1. The largest absolute Gasteiger partial charge is 0.395 e. The molecule has 1 unspecified atom stereocenters. The molecule has 0 aromatic heterocycles. The van der Waals surface area contributed by atoms with E-state index in [1.807, 2.05) is 37.1 Å². The monoisotopic (exact) mass is 276 g/mol. The highest BCUT2D eigenvalue weighted by atomic mass is 16.3. The molecule has 4 nitrogen and oxygen atoms in total. The molecule has 0 saturated heterocycles. The van der Waals surface area contributed by atoms with Gasteiger partial charge in [-0.25, -0.2) is 0 Å². The molecule has 2 rings (SSSR count). The molecule has 1 aliphatic carbocycles. The average molecular weight is 276 g/mol. The van der Waals surface area contributed by atoms with Gasteiger partial charge in [0.1, 0.15) is 0 Å². The third-order valence-electron chi connectivity index (χ3n) is 4.27. The molecule has 4 heteroatoms. The van der Waals surface area contributed by atoms with Crippen molar-refractivity contribution in [1.82, 2.24) is 10.2 Å². The van der Waals surface area contributed by atoms with Crippen molar-refractivity contribution in [2.45, 2.75) is 31.2 Å². The smallest absolute Gasteiger partial charge is 0.234 e. The Kier molecular flexibility index (Phi) is 4.78. The summed E-state index contributed by atoms with van der Waals surface area (Å²) in [7, 11) is 1.85. The van der Waals surface area contributed by atoms with Gasteiger partial charge in [0.2, 0.25) is 5.91 Å². The highest BCUT2D eigenvalue weighted by Crippen LogP contribution is 2.47. The standard InChI is InChI=1S/C16H24N2O2/c1-13(11-19)18(2)10-15(20)17-12-16(8-9-16)14-6-4-3-5-7-14/h3-7,13,19H,8-12H2,1-2H3,(H,17,20). The number of aliphatic hydroxyl groups excluding tert-OH is 1. The Balaban J connectivity index is 1.82. The molecular formula is C16H24N2O2. The second-order valence-electron chi connectivity index (χ2n) is 5.87. The van der Waals surface area contributed by atoms with E-state index in [4.69, 9.17) is 5.11 Å². The Bertz CT molecular complexity index is 443. The first-order valence-corrected chi connectivity index (χ1v) is 7.21. The summed E-state index contributed by atoms with van der Waals surface area (Å²) in [6.07, 6.45) is 2.28. The Morgan fingerprint density at radius 2 is 2.05 bits per heavy atom. The predicted molar refractivity (Wildman–Crippen MR) is 79.5 cm³/mol. The van der Waals surface area contributed by atoms with Gasteiger partial charge in [0.05, 0.1) is 13.2 Å². The van der Waals surface area contributed by atoms with Crippen LogP contribution in [0, 0.1) is 0 Å². The number of rotatable bonds is 7. The lowest BCUT2D eigenvalue weighted by Gasteiger charge is -2.23. The van der Waals surface area contributed by atoms with Crippen LogP contribution in [-0.4, -0.2) is 48.7 Å². The Morgan fingerprint density at radius 3 is 2.60 bits per heavy atom. The van der Waals surface area contributed by atoms with Crippen molar-refractivity contribution in [3.8, 4) is 0 Å². The molecular weight excluding hydrogens is 252 g/mol. The number of likely N-dealkylation sites (N-methyl/N-ethyl adjacent to an activating group) is 1. The topological polar surface area (TPSA) is 52.6 Å². The summed E-state index contributed by atoms with van der Waals surface area (Å²) < 4.78 is 0. The fraction of sp³-hybridized carbons (Fsp3) is 0.562. The predicted octanol–water partition coefficient (Wildman–Crippen LogP) is 1.15. The molecule has 20 heavy (non-hydrogen) atoms. The van der Waals surface area contributed by atoms with E-state index < -0.39 is 0 Å². The first kappa shape index (κ1) is 15.0. The Labute approximate surface area is 120 Å². The second kappa shape index (κ2) is 6.37. The number of amides is 1. The number of hydrogen-bond donors (Lipinski definition) is 2. The molecule has 1 aliphatic rings. The van der Waals surface area contributed by atoms with Crippen molar-refractivity contribution >= 4 is 5.91 Å². The molecule has 0 aliphatic heterocycles. The molecule has 2 N–H and O–H groups in total. The maximum Gasteiger partial charge on any atom is 0.234 e. The number of hydrogen-bond acceptors (Lipinski definition) is 3. The van der Waals surface area contributed by atoms with Gasteiger partial charge in [-0.05, 0) is 32.4 Å². The first-order valence-electron chi connectivity index (χ1n) is 7.21. The Morgan fingerprint density at radius 1 is 1.40 bits per heavy atom. The van der Waals surface area contributed by atoms with Crippen LogP contribution in [-0.2, 0) is 10.2 Å². The maximum atomic E-state index is 11.9. The average Bonchev–Trinajstić information content (AvgIpc) is 3.26. The quantitative estimate of drug-likeness (QED) is 0.785. The first-order chi connectivity index (χ1) is 9.57. The molecule has 0 radical (unpaired) electrons. The zero-order chi connectivity index (χ0) is 14.6. The van der Waals surface area contributed by atoms with Crippen molar-refractivity contribution < 1.29 is 9.90 Å². The fourth-order valence-corrected chi connectivity index (χ4v) is 2.36. The van der Waals surface area contributed by atoms with E-state index in [0.717, 1.165) is 12.8 Å². The van der Waals surface area contributed by atoms with E-state index in [2.05, 4.69) is 17.4 Å². The molecule has 1 aromatic rings. The molecule has 110 valence electrons. The van der Waals surface area contributed by atoms with Gasteiger partial charge in [0.25, 0.3) is 0 Å². The number of nitrogens with one attached hydrogen (secondary N) is 1. The van der Waals surface area contributed by atoms with Crippen molar-refractivity contribution in [3.63, 3.8) is 0 Å². The van der Waals surface area contributed by atoms with E-state index in [9.17, 15) is 4.79 Å². The third kappa shape index (κ3) is 3.58. The number of nitrogens with zero attached hydrogens (tertiary/aromatic N) is 1. The SMILES string of the molecule is CC(CO)N(C)CC(=O)NCC1(c2ccccc2)CC1. The summed E-state index contributed by atoms with van der Waals surface area (Å²) in [6.45, 7) is 3.00. The molecule has 0 spiro atoms. The van der Waals surface area contributed by atoms with E-state index in [1.165, 1.54) is 5.56 Å². The van der Waals surface area contributed by atoms with Gasteiger partial charge in [-0.1, -0.05) is 30.3 Å². The maximum absolute atomic E-state index is 11.9. The van der Waals surface area contributed by atoms with Crippen LogP contribution in [0.5, 0.6) is 0 Å². The summed E-state index contributed by atoms with van der Waals surface area (Å²) >= 11 is 0. The van der Waals surface area contributed by atoms with Gasteiger partial charge in [-0.2, -0.15) is 0 Å². The van der Waals surface area contributed by atoms with Crippen molar-refractivity contribution in [2.24, 2.45) is 0 Å². The van der Waals surface area contributed by atoms with Crippen LogP contribution in [0.1, 0.15) is 25.3 Å². The number of benzene rings is 1. The van der Waals surface area contributed by atoms with Crippen LogP contribution in [0.25, 0.3) is 0 Å². The summed E-state index contributed by atoms with van der Waals surface area (Å²) in [5.41, 5.74) is 1.47. The van der Waals surface area contributed by atoms with E-state index >= 15 is 0 Å². The number of aliphatic hydroxyl groups is 1. The lowest BCUT2D eigenvalue weighted by molar-refractivity contribution is -0.122. The van der Waals surface area contributed by atoms with Crippen molar-refractivity contribution in [3.05, 3.63) is 35.9 Å².